The molecule has 1 aromatic carbocycles. The predicted octanol–water partition coefficient (Wildman–Crippen LogP) is 3.62. The average molecular weight is 256 g/mol. The van der Waals surface area contributed by atoms with E-state index < -0.39 is 0 Å². The number of hydrogen-bond acceptors (Lipinski definition) is 2. The number of aryl methyl sites for hydroxylation is 1. The first-order valence-electron chi connectivity index (χ1n) is 5.99. The third-order valence-corrected chi connectivity index (χ3v) is 3.55. The van der Waals surface area contributed by atoms with E-state index in [0.717, 1.165) is 22.9 Å². The van der Waals surface area contributed by atoms with Crippen LogP contribution in [-0.2, 0) is 0 Å². The maximum Gasteiger partial charge on any atom is 0.122 e. The Kier molecular flexibility index (Phi) is 5.29. The van der Waals surface area contributed by atoms with Crippen LogP contribution in [0, 0.1) is 12.8 Å². The van der Waals surface area contributed by atoms with Crippen molar-refractivity contribution < 1.29 is 4.74 Å². The van der Waals surface area contributed by atoms with Crippen LogP contribution in [0.4, 0.5) is 0 Å². The third kappa shape index (κ3) is 3.36. The lowest BCUT2D eigenvalue weighted by molar-refractivity contribution is 0.391. The van der Waals surface area contributed by atoms with Gasteiger partial charge in [0.25, 0.3) is 0 Å². The summed E-state index contributed by atoms with van der Waals surface area (Å²) in [6.45, 7) is 7.36. The number of methoxy groups -OCH3 is 1. The highest BCUT2D eigenvalue weighted by atomic mass is 35.5. The van der Waals surface area contributed by atoms with Crippen molar-refractivity contribution in [1.29, 1.82) is 0 Å². The van der Waals surface area contributed by atoms with Gasteiger partial charge in [0.1, 0.15) is 5.75 Å². The molecule has 2 nitrogen and oxygen atoms in total. The van der Waals surface area contributed by atoms with Crippen LogP contribution in [0.5, 0.6) is 5.75 Å². The van der Waals surface area contributed by atoms with Gasteiger partial charge in [-0.3, -0.25) is 0 Å². The Morgan fingerprint density at radius 2 is 2.00 bits per heavy atom. The molecule has 0 spiro atoms. The molecule has 1 aromatic rings. The molecule has 0 saturated heterocycles. The number of ether oxygens (including phenoxy) is 1. The van der Waals surface area contributed by atoms with Gasteiger partial charge in [-0.2, -0.15) is 0 Å². The van der Waals surface area contributed by atoms with Crippen LogP contribution in [0.15, 0.2) is 12.1 Å². The van der Waals surface area contributed by atoms with Gasteiger partial charge in [-0.1, -0.05) is 25.4 Å². The van der Waals surface area contributed by atoms with Gasteiger partial charge in [-0.25, -0.2) is 0 Å². The Morgan fingerprint density at radius 3 is 2.47 bits per heavy atom. The van der Waals surface area contributed by atoms with Crippen LogP contribution in [-0.4, -0.2) is 20.7 Å². The highest BCUT2D eigenvalue weighted by Gasteiger charge is 2.20. The molecule has 0 aliphatic heterocycles. The van der Waals surface area contributed by atoms with Crippen molar-refractivity contribution in [3.05, 3.63) is 28.3 Å². The van der Waals surface area contributed by atoms with E-state index in [-0.39, 0.29) is 0 Å². The van der Waals surface area contributed by atoms with E-state index in [1.807, 2.05) is 26.1 Å². The fourth-order valence-electron chi connectivity index (χ4n) is 2.06. The zero-order chi connectivity index (χ0) is 13.0. The zero-order valence-electron chi connectivity index (χ0n) is 11.3. The fraction of sp³-hybridized carbons (Fsp3) is 0.571. The second-order valence-electron chi connectivity index (χ2n) is 4.75. The molecule has 0 amide bonds. The number of benzene rings is 1. The molecule has 0 aromatic heterocycles. The molecule has 0 aliphatic rings. The van der Waals surface area contributed by atoms with E-state index in [1.54, 1.807) is 7.11 Å². The van der Waals surface area contributed by atoms with Crippen molar-refractivity contribution in [3.63, 3.8) is 0 Å². The lowest BCUT2D eigenvalue weighted by Crippen LogP contribution is -2.22. The van der Waals surface area contributed by atoms with Gasteiger partial charge < -0.3 is 10.1 Å². The molecule has 1 rings (SSSR count). The largest absolute Gasteiger partial charge is 0.496 e. The summed E-state index contributed by atoms with van der Waals surface area (Å²) >= 11 is 6.22. The van der Waals surface area contributed by atoms with E-state index in [4.69, 9.17) is 16.3 Å². The van der Waals surface area contributed by atoms with E-state index in [1.165, 1.54) is 5.56 Å². The number of nitrogens with one attached hydrogen (secondary N) is 1. The van der Waals surface area contributed by atoms with Crippen molar-refractivity contribution in [1.82, 2.24) is 5.32 Å². The molecule has 1 N–H and O–H groups in total. The van der Waals surface area contributed by atoms with Crippen LogP contribution in [0.1, 0.15) is 30.9 Å². The van der Waals surface area contributed by atoms with Gasteiger partial charge in [-0.05, 0) is 37.6 Å². The van der Waals surface area contributed by atoms with Gasteiger partial charge in [0, 0.05) is 23.0 Å². The monoisotopic (exact) mass is 255 g/mol. The molecule has 0 aliphatic carbocycles. The van der Waals surface area contributed by atoms with Crippen LogP contribution in [0.25, 0.3) is 0 Å². The maximum absolute atomic E-state index is 6.22. The van der Waals surface area contributed by atoms with Crippen LogP contribution >= 0.6 is 11.6 Å². The molecule has 3 heteroatoms. The first-order valence-corrected chi connectivity index (χ1v) is 6.37. The van der Waals surface area contributed by atoms with Gasteiger partial charge in [0.05, 0.1) is 7.11 Å². The molecular weight excluding hydrogens is 234 g/mol. The van der Waals surface area contributed by atoms with E-state index in [0.29, 0.717) is 11.8 Å². The molecule has 0 radical (unpaired) electrons. The van der Waals surface area contributed by atoms with Crippen molar-refractivity contribution >= 4 is 11.6 Å². The predicted molar refractivity (Wildman–Crippen MR) is 74.2 cm³/mol. The van der Waals surface area contributed by atoms with E-state index in [2.05, 4.69) is 19.2 Å². The van der Waals surface area contributed by atoms with Crippen molar-refractivity contribution in [2.45, 2.75) is 26.7 Å². The minimum absolute atomic E-state index is 0.410. The molecule has 0 fully saturated rings. The number of halogens is 1. The number of rotatable bonds is 5. The SMILES string of the molecule is CNCC(c1cc(Cl)c(C)cc1OC)C(C)C. The molecular formula is C14H22ClNO. The Morgan fingerprint density at radius 1 is 1.35 bits per heavy atom. The lowest BCUT2D eigenvalue weighted by atomic mass is 9.87. The minimum Gasteiger partial charge on any atom is -0.496 e. The topological polar surface area (TPSA) is 21.3 Å². The van der Waals surface area contributed by atoms with Crippen LogP contribution in [0.3, 0.4) is 0 Å². The normalized spacial score (nSPS) is 12.9. The van der Waals surface area contributed by atoms with Gasteiger partial charge in [-0.15, -0.1) is 0 Å². The Balaban J connectivity index is 3.21. The Bertz CT molecular complexity index is 377. The highest BCUT2D eigenvalue weighted by Crippen LogP contribution is 2.35. The summed E-state index contributed by atoms with van der Waals surface area (Å²) in [7, 11) is 3.68. The summed E-state index contributed by atoms with van der Waals surface area (Å²) in [6.07, 6.45) is 0. The minimum atomic E-state index is 0.410. The third-order valence-electron chi connectivity index (χ3n) is 3.14. The number of hydrogen-bond donors (Lipinski definition) is 1. The van der Waals surface area contributed by atoms with E-state index in [9.17, 15) is 0 Å². The Labute approximate surface area is 109 Å². The molecule has 17 heavy (non-hydrogen) atoms. The summed E-state index contributed by atoms with van der Waals surface area (Å²) in [4.78, 5) is 0. The summed E-state index contributed by atoms with van der Waals surface area (Å²) < 4.78 is 5.47. The standard InChI is InChI=1S/C14H22ClNO/c1-9(2)12(8-16-4)11-7-13(15)10(3)6-14(11)17-5/h6-7,9,12,16H,8H2,1-5H3. The summed E-state index contributed by atoms with van der Waals surface area (Å²) in [5.74, 6) is 1.88. The molecule has 0 heterocycles. The quantitative estimate of drug-likeness (QED) is 0.868. The summed E-state index contributed by atoms with van der Waals surface area (Å²) in [6, 6.07) is 4.06. The van der Waals surface area contributed by atoms with Crippen LogP contribution < -0.4 is 10.1 Å². The average Bonchev–Trinajstić information content (AvgIpc) is 2.29. The van der Waals surface area contributed by atoms with Gasteiger partial charge >= 0.3 is 0 Å². The number of likely N-dealkylation sites (N-methyl/N-ethyl adjacent to an activating group) is 1. The lowest BCUT2D eigenvalue weighted by Gasteiger charge is -2.24. The molecule has 1 unspecified atom stereocenters. The van der Waals surface area contributed by atoms with Gasteiger partial charge in [0.15, 0.2) is 0 Å². The van der Waals surface area contributed by atoms with Crippen molar-refractivity contribution in [2.75, 3.05) is 20.7 Å². The zero-order valence-corrected chi connectivity index (χ0v) is 12.1. The smallest absolute Gasteiger partial charge is 0.122 e. The summed E-state index contributed by atoms with van der Waals surface area (Å²) in [5, 5.41) is 4.04. The molecule has 0 saturated carbocycles. The highest BCUT2D eigenvalue weighted by molar-refractivity contribution is 6.31. The van der Waals surface area contributed by atoms with Crippen LogP contribution in [0.2, 0.25) is 5.02 Å². The fourth-order valence-corrected chi connectivity index (χ4v) is 2.23. The summed E-state index contributed by atoms with van der Waals surface area (Å²) in [5.41, 5.74) is 2.24. The molecule has 96 valence electrons. The van der Waals surface area contributed by atoms with Gasteiger partial charge in [0.2, 0.25) is 0 Å². The van der Waals surface area contributed by atoms with Crippen molar-refractivity contribution in [3.8, 4) is 5.75 Å². The first kappa shape index (κ1) is 14.3. The molecule has 1 atom stereocenters. The Hall–Kier alpha value is -0.730. The van der Waals surface area contributed by atoms with Crippen molar-refractivity contribution in [2.24, 2.45) is 5.92 Å². The molecule has 0 bridgehead atoms. The second-order valence-corrected chi connectivity index (χ2v) is 5.16. The second kappa shape index (κ2) is 6.27. The first-order chi connectivity index (χ1) is 8.01. The maximum atomic E-state index is 6.22. The van der Waals surface area contributed by atoms with E-state index >= 15 is 0 Å².